The van der Waals surface area contributed by atoms with E-state index in [1.807, 2.05) is 48.7 Å². The molecule has 0 aliphatic carbocycles. The molecule has 0 aliphatic heterocycles. The molecular weight excluding hydrogens is 314 g/mol. The summed E-state index contributed by atoms with van der Waals surface area (Å²) in [5, 5.41) is 6.82. The van der Waals surface area contributed by atoms with E-state index in [4.69, 9.17) is 0 Å². The van der Waals surface area contributed by atoms with Crippen LogP contribution in [0.4, 0.5) is 5.69 Å². The first-order valence-corrected chi connectivity index (χ1v) is 8.30. The van der Waals surface area contributed by atoms with Crippen LogP contribution in [0.3, 0.4) is 0 Å². The zero-order valence-corrected chi connectivity index (χ0v) is 14.1. The summed E-state index contributed by atoms with van der Waals surface area (Å²) in [6.07, 6.45) is 3.13. The third-order valence-corrected chi connectivity index (χ3v) is 4.06. The molecule has 0 bridgehead atoms. The van der Waals surface area contributed by atoms with Gasteiger partial charge in [-0.1, -0.05) is 30.3 Å². The fraction of sp³-hybridized carbons (Fsp3) is 0.200. The third-order valence-electron chi connectivity index (χ3n) is 4.06. The molecule has 0 saturated carbocycles. The van der Waals surface area contributed by atoms with E-state index in [0.29, 0.717) is 19.4 Å². The first-order chi connectivity index (χ1) is 12.1. The van der Waals surface area contributed by atoms with Gasteiger partial charge in [0.15, 0.2) is 0 Å². The Labute approximate surface area is 146 Å². The van der Waals surface area contributed by atoms with Crippen LogP contribution in [0.15, 0.2) is 54.7 Å². The number of fused-ring (bicyclic) bond motifs is 1. The van der Waals surface area contributed by atoms with Crippen molar-refractivity contribution in [3.63, 3.8) is 0 Å². The number of para-hydroxylation sites is 1. The monoisotopic (exact) mass is 335 g/mol. The largest absolute Gasteiger partial charge is 0.361 e. The number of amides is 2. The van der Waals surface area contributed by atoms with Gasteiger partial charge in [-0.25, -0.2) is 0 Å². The van der Waals surface area contributed by atoms with Crippen LogP contribution in [0, 0.1) is 0 Å². The van der Waals surface area contributed by atoms with Crippen molar-refractivity contribution in [2.75, 3.05) is 5.32 Å². The SMILES string of the molecule is CC(=O)Nc1ccc(CNC(=O)CCc2c[nH]c3ccccc23)cc1. The molecule has 3 N–H and O–H groups in total. The molecule has 3 rings (SSSR count). The third kappa shape index (κ3) is 4.47. The van der Waals surface area contributed by atoms with E-state index in [1.54, 1.807) is 0 Å². The van der Waals surface area contributed by atoms with Gasteiger partial charge in [0.05, 0.1) is 0 Å². The Morgan fingerprint density at radius 2 is 1.80 bits per heavy atom. The molecule has 5 heteroatoms. The number of aromatic nitrogens is 1. The van der Waals surface area contributed by atoms with E-state index in [-0.39, 0.29) is 11.8 Å². The van der Waals surface area contributed by atoms with Crippen LogP contribution in [-0.4, -0.2) is 16.8 Å². The van der Waals surface area contributed by atoms with Crippen LogP contribution in [0.25, 0.3) is 10.9 Å². The number of carbonyl (C=O) groups is 2. The number of aromatic amines is 1. The normalized spacial score (nSPS) is 10.6. The molecule has 1 aromatic heterocycles. The van der Waals surface area contributed by atoms with Crippen molar-refractivity contribution in [2.24, 2.45) is 0 Å². The minimum absolute atomic E-state index is 0.0243. The van der Waals surface area contributed by atoms with Gasteiger partial charge in [0.2, 0.25) is 11.8 Å². The summed E-state index contributed by atoms with van der Waals surface area (Å²) in [4.78, 5) is 26.3. The zero-order valence-electron chi connectivity index (χ0n) is 14.1. The van der Waals surface area contributed by atoms with Gasteiger partial charge in [0, 0.05) is 42.7 Å². The minimum atomic E-state index is -0.0988. The maximum Gasteiger partial charge on any atom is 0.221 e. The minimum Gasteiger partial charge on any atom is -0.361 e. The first kappa shape index (κ1) is 16.8. The summed E-state index contributed by atoms with van der Waals surface area (Å²) in [5.41, 5.74) is 4.00. The standard InChI is InChI=1S/C20H21N3O2/c1-14(24)23-17-9-6-15(7-10-17)12-22-20(25)11-8-16-13-21-19-5-3-2-4-18(16)19/h2-7,9-10,13,21H,8,11-12H2,1H3,(H,22,25)(H,23,24). The molecule has 0 fully saturated rings. The average Bonchev–Trinajstić information content (AvgIpc) is 3.02. The number of aryl methyl sites for hydroxylation is 1. The predicted octanol–water partition coefficient (Wildman–Crippen LogP) is 3.38. The molecule has 0 spiro atoms. The van der Waals surface area contributed by atoms with E-state index < -0.39 is 0 Å². The maximum atomic E-state index is 12.1. The number of carbonyl (C=O) groups excluding carboxylic acids is 2. The lowest BCUT2D eigenvalue weighted by molar-refractivity contribution is -0.121. The van der Waals surface area contributed by atoms with Gasteiger partial charge in [0.25, 0.3) is 0 Å². The Morgan fingerprint density at radius 3 is 2.56 bits per heavy atom. The molecule has 0 radical (unpaired) electrons. The number of benzene rings is 2. The smallest absolute Gasteiger partial charge is 0.221 e. The van der Waals surface area contributed by atoms with E-state index >= 15 is 0 Å². The fourth-order valence-electron chi connectivity index (χ4n) is 2.78. The lowest BCUT2D eigenvalue weighted by atomic mass is 10.1. The molecule has 0 unspecified atom stereocenters. The fourth-order valence-corrected chi connectivity index (χ4v) is 2.78. The maximum absolute atomic E-state index is 12.1. The lowest BCUT2D eigenvalue weighted by Crippen LogP contribution is -2.22. The van der Waals surface area contributed by atoms with Crippen molar-refractivity contribution in [2.45, 2.75) is 26.3 Å². The Bertz CT molecular complexity index is 881. The molecule has 5 nitrogen and oxygen atoms in total. The summed E-state index contributed by atoms with van der Waals surface area (Å²) >= 11 is 0. The molecule has 2 aromatic carbocycles. The number of H-pyrrole nitrogens is 1. The van der Waals surface area contributed by atoms with E-state index in [0.717, 1.165) is 22.3 Å². The summed E-state index contributed by atoms with van der Waals surface area (Å²) in [6, 6.07) is 15.5. The van der Waals surface area contributed by atoms with Gasteiger partial charge in [0.1, 0.15) is 0 Å². The van der Waals surface area contributed by atoms with Crippen LogP contribution >= 0.6 is 0 Å². The molecule has 25 heavy (non-hydrogen) atoms. The molecule has 2 amide bonds. The average molecular weight is 335 g/mol. The Hall–Kier alpha value is -3.08. The van der Waals surface area contributed by atoms with E-state index in [1.165, 1.54) is 12.3 Å². The number of rotatable bonds is 6. The number of anilines is 1. The molecule has 3 aromatic rings. The zero-order chi connectivity index (χ0) is 17.6. The molecule has 0 saturated heterocycles. The lowest BCUT2D eigenvalue weighted by Gasteiger charge is -2.07. The number of hydrogen-bond acceptors (Lipinski definition) is 2. The van der Waals surface area contributed by atoms with Gasteiger partial charge in [-0.2, -0.15) is 0 Å². The second-order valence-electron chi connectivity index (χ2n) is 6.01. The Balaban J connectivity index is 1.49. The Kier molecular flexibility index (Phi) is 5.14. The van der Waals surface area contributed by atoms with Crippen molar-refractivity contribution in [3.05, 3.63) is 65.9 Å². The Morgan fingerprint density at radius 1 is 1.04 bits per heavy atom. The molecule has 1 heterocycles. The first-order valence-electron chi connectivity index (χ1n) is 8.30. The van der Waals surface area contributed by atoms with Gasteiger partial charge in [-0.15, -0.1) is 0 Å². The van der Waals surface area contributed by atoms with Crippen LogP contribution in [0.5, 0.6) is 0 Å². The van der Waals surface area contributed by atoms with Gasteiger partial charge in [-0.3, -0.25) is 9.59 Å². The number of nitrogens with one attached hydrogen (secondary N) is 3. The topological polar surface area (TPSA) is 74.0 Å². The molecular formula is C20H21N3O2. The summed E-state index contributed by atoms with van der Waals surface area (Å²) in [6.45, 7) is 1.95. The molecule has 128 valence electrons. The molecule has 0 aliphatic rings. The second kappa shape index (κ2) is 7.66. The quantitative estimate of drug-likeness (QED) is 0.646. The van der Waals surface area contributed by atoms with Gasteiger partial charge >= 0.3 is 0 Å². The second-order valence-corrected chi connectivity index (χ2v) is 6.01. The van der Waals surface area contributed by atoms with Crippen LogP contribution in [0.2, 0.25) is 0 Å². The van der Waals surface area contributed by atoms with Crippen molar-refractivity contribution >= 4 is 28.4 Å². The van der Waals surface area contributed by atoms with Gasteiger partial charge in [-0.05, 0) is 35.7 Å². The van der Waals surface area contributed by atoms with Crippen molar-refractivity contribution in [3.8, 4) is 0 Å². The van der Waals surface area contributed by atoms with Crippen molar-refractivity contribution in [1.29, 1.82) is 0 Å². The summed E-state index contributed by atoms with van der Waals surface area (Å²) < 4.78 is 0. The highest BCUT2D eigenvalue weighted by Gasteiger charge is 2.06. The van der Waals surface area contributed by atoms with Crippen LogP contribution in [0.1, 0.15) is 24.5 Å². The van der Waals surface area contributed by atoms with Crippen molar-refractivity contribution in [1.82, 2.24) is 10.3 Å². The van der Waals surface area contributed by atoms with Crippen LogP contribution < -0.4 is 10.6 Å². The highest BCUT2D eigenvalue weighted by molar-refractivity contribution is 5.88. The van der Waals surface area contributed by atoms with Gasteiger partial charge < -0.3 is 15.6 Å². The highest BCUT2D eigenvalue weighted by Crippen LogP contribution is 2.18. The summed E-state index contributed by atoms with van der Waals surface area (Å²) in [7, 11) is 0. The predicted molar refractivity (Wildman–Crippen MR) is 99.2 cm³/mol. The van der Waals surface area contributed by atoms with E-state index in [2.05, 4.69) is 21.7 Å². The van der Waals surface area contributed by atoms with Crippen molar-refractivity contribution < 1.29 is 9.59 Å². The number of hydrogen-bond donors (Lipinski definition) is 3. The highest BCUT2D eigenvalue weighted by atomic mass is 16.2. The van der Waals surface area contributed by atoms with E-state index in [9.17, 15) is 9.59 Å². The summed E-state index contributed by atoms with van der Waals surface area (Å²) in [5.74, 6) is -0.0745. The molecule has 0 atom stereocenters. The van der Waals surface area contributed by atoms with Crippen LogP contribution in [-0.2, 0) is 22.6 Å².